The molecule has 25 heavy (non-hydrogen) atoms. The van der Waals surface area contributed by atoms with Crippen molar-refractivity contribution in [1.82, 2.24) is 25.2 Å². The summed E-state index contributed by atoms with van der Waals surface area (Å²) >= 11 is 0. The van der Waals surface area contributed by atoms with Crippen LogP contribution in [-0.4, -0.2) is 19.9 Å². The van der Waals surface area contributed by atoms with Crippen LogP contribution >= 0.6 is 0 Å². The predicted molar refractivity (Wildman–Crippen MR) is 97.9 cm³/mol. The van der Waals surface area contributed by atoms with E-state index in [-0.39, 0.29) is 0 Å². The molecule has 0 saturated heterocycles. The molecule has 0 saturated carbocycles. The van der Waals surface area contributed by atoms with Gasteiger partial charge in [0.15, 0.2) is 0 Å². The molecule has 0 fully saturated rings. The average Bonchev–Trinajstić information content (AvgIpc) is 2.67. The molecule has 0 aliphatic carbocycles. The van der Waals surface area contributed by atoms with E-state index in [0.717, 1.165) is 30.2 Å². The topological polar surface area (TPSA) is 53.9 Å². The molecule has 3 rings (SSSR count). The van der Waals surface area contributed by atoms with E-state index in [0.29, 0.717) is 6.54 Å². The highest BCUT2D eigenvalue weighted by molar-refractivity contribution is 5.08. The maximum atomic E-state index is 4.41. The zero-order chi connectivity index (χ0) is 17.2. The number of aromatic nitrogens is 3. The zero-order valence-corrected chi connectivity index (χ0v) is 14.0. The first-order chi connectivity index (χ1) is 12.4. The molecule has 0 amide bonds. The molecule has 5 heteroatoms. The van der Waals surface area contributed by atoms with Gasteiger partial charge in [0.05, 0.1) is 36.7 Å². The highest BCUT2D eigenvalue weighted by atomic mass is 15.1. The van der Waals surface area contributed by atoms with E-state index in [4.69, 9.17) is 0 Å². The lowest BCUT2D eigenvalue weighted by atomic mass is 10.3. The Morgan fingerprint density at radius 3 is 1.72 bits per heavy atom. The van der Waals surface area contributed by atoms with Crippen LogP contribution in [0.25, 0.3) is 0 Å². The number of hydrogen-bond donors (Lipinski definition) is 1. The van der Waals surface area contributed by atoms with E-state index < -0.39 is 0 Å². The summed E-state index contributed by atoms with van der Waals surface area (Å²) in [6, 6.07) is 17.8. The van der Waals surface area contributed by atoms with Crippen LogP contribution in [0, 0.1) is 0 Å². The molecule has 3 aromatic heterocycles. The van der Waals surface area contributed by atoms with Gasteiger partial charge in [-0.05, 0) is 36.4 Å². The Balaban J connectivity index is 1.62. The SMILES string of the molecule is C(=CN(Cc1ccccn1)Cc1ccccn1)NCc1ccccn1. The summed E-state index contributed by atoms with van der Waals surface area (Å²) in [7, 11) is 0. The van der Waals surface area contributed by atoms with E-state index in [2.05, 4.69) is 25.2 Å². The van der Waals surface area contributed by atoms with E-state index in [1.807, 2.05) is 79.4 Å². The first-order valence-electron chi connectivity index (χ1n) is 8.24. The lowest BCUT2D eigenvalue weighted by Gasteiger charge is -2.19. The Bertz CT molecular complexity index is 718. The first-order valence-corrected chi connectivity index (χ1v) is 8.24. The molecule has 0 aliphatic rings. The van der Waals surface area contributed by atoms with Gasteiger partial charge in [0.2, 0.25) is 0 Å². The van der Waals surface area contributed by atoms with Gasteiger partial charge < -0.3 is 10.2 Å². The second kappa shape index (κ2) is 9.17. The number of nitrogens with one attached hydrogen (secondary N) is 1. The van der Waals surface area contributed by atoms with Gasteiger partial charge in [-0.1, -0.05) is 18.2 Å². The highest BCUT2D eigenvalue weighted by Crippen LogP contribution is 2.07. The summed E-state index contributed by atoms with van der Waals surface area (Å²) in [4.78, 5) is 15.3. The van der Waals surface area contributed by atoms with Gasteiger partial charge in [-0.2, -0.15) is 0 Å². The fraction of sp³-hybridized carbons (Fsp3) is 0.150. The van der Waals surface area contributed by atoms with Crippen LogP contribution in [0.2, 0.25) is 0 Å². The fourth-order valence-electron chi connectivity index (χ4n) is 2.39. The van der Waals surface area contributed by atoms with Gasteiger partial charge >= 0.3 is 0 Å². The van der Waals surface area contributed by atoms with E-state index >= 15 is 0 Å². The van der Waals surface area contributed by atoms with Crippen molar-refractivity contribution in [2.75, 3.05) is 0 Å². The van der Waals surface area contributed by atoms with Crippen molar-refractivity contribution < 1.29 is 0 Å². The molecule has 0 unspecified atom stereocenters. The summed E-state index contributed by atoms with van der Waals surface area (Å²) in [5.74, 6) is 0. The number of nitrogens with zero attached hydrogens (tertiary/aromatic N) is 4. The van der Waals surface area contributed by atoms with E-state index in [1.165, 1.54) is 0 Å². The highest BCUT2D eigenvalue weighted by Gasteiger charge is 2.04. The molecule has 126 valence electrons. The Morgan fingerprint density at radius 2 is 1.24 bits per heavy atom. The minimum atomic E-state index is 0.693. The van der Waals surface area contributed by atoms with E-state index in [9.17, 15) is 0 Å². The molecule has 0 spiro atoms. The van der Waals surface area contributed by atoms with E-state index in [1.54, 1.807) is 6.20 Å². The molecule has 3 heterocycles. The second-order valence-electron chi connectivity index (χ2n) is 5.56. The van der Waals surface area contributed by atoms with Crippen molar-refractivity contribution >= 4 is 0 Å². The second-order valence-corrected chi connectivity index (χ2v) is 5.56. The standard InChI is InChI=1S/C20H21N5/c1-4-10-22-18(7-1)15-21-13-14-25(16-19-8-2-5-11-23-19)17-20-9-3-6-12-24-20/h1-14,21H,15-17H2. The van der Waals surface area contributed by atoms with Crippen molar-refractivity contribution in [3.63, 3.8) is 0 Å². The van der Waals surface area contributed by atoms with Gasteiger partial charge in [-0.3, -0.25) is 15.0 Å². The fourth-order valence-corrected chi connectivity index (χ4v) is 2.39. The van der Waals surface area contributed by atoms with Crippen LogP contribution in [0.4, 0.5) is 0 Å². The van der Waals surface area contributed by atoms with Gasteiger partial charge in [-0.25, -0.2) is 0 Å². The molecule has 0 aliphatic heterocycles. The number of pyridine rings is 3. The Kier molecular flexibility index (Phi) is 6.11. The van der Waals surface area contributed by atoms with Gasteiger partial charge in [0.1, 0.15) is 0 Å². The van der Waals surface area contributed by atoms with Crippen LogP contribution in [0.3, 0.4) is 0 Å². The molecule has 3 aromatic rings. The Hall–Kier alpha value is -3.21. The monoisotopic (exact) mass is 331 g/mol. The third kappa shape index (κ3) is 5.73. The molecule has 0 radical (unpaired) electrons. The van der Waals surface area contributed by atoms with Crippen molar-refractivity contribution in [1.29, 1.82) is 0 Å². The zero-order valence-electron chi connectivity index (χ0n) is 14.0. The molecule has 5 nitrogen and oxygen atoms in total. The third-order valence-electron chi connectivity index (χ3n) is 3.60. The molecule has 0 aromatic carbocycles. The van der Waals surface area contributed by atoms with Crippen molar-refractivity contribution in [3.05, 3.63) is 103 Å². The van der Waals surface area contributed by atoms with Crippen molar-refractivity contribution in [2.24, 2.45) is 0 Å². The maximum Gasteiger partial charge on any atom is 0.0601 e. The molecular formula is C20H21N5. The van der Waals surface area contributed by atoms with Crippen LogP contribution in [0.15, 0.2) is 85.6 Å². The van der Waals surface area contributed by atoms with Gasteiger partial charge in [0, 0.05) is 31.0 Å². The predicted octanol–water partition coefficient (Wildman–Crippen LogP) is 3.13. The van der Waals surface area contributed by atoms with Crippen LogP contribution in [-0.2, 0) is 19.6 Å². The summed E-state index contributed by atoms with van der Waals surface area (Å²) in [5, 5.41) is 3.28. The van der Waals surface area contributed by atoms with Crippen molar-refractivity contribution in [3.8, 4) is 0 Å². The van der Waals surface area contributed by atoms with Crippen LogP contribution in [0.5, 0.6) is 0 Å². The summed E-state index contributed by atoms with van der Waals surface area (Å²) in [6.07, 6.45) is 9.41. The lowest BCUT2D eigenvalue weighted by Crippen LogP contribution is -2.19. The molecule has 0 atom stereocenters. The van der Waals surface area contributed by atoms with Gasteiger partial charge in [-0.15, -0.1) is 0 Å². The van der Waals surface area contributed by atoms with Crippen molar-refractivity contribution in [2.45, 2.75) is 19.6 Å². The quantitative estimate of drug-likeness (QED) is 0.687. The average molecular weight is 331 g/mol. The smallest absolute Gasteiger partial charge is 0.0601 e. The molecular weight excluding hydrogens is 310 g/mol. The summed E-state index contributed by atoms with van der Waals surface area (Å²) in [6.45, 7) is 2.14. The molecule has 1 N–H and O–H groups in total. The minimum absolute atomic E-state index is 0.693. The summed E-state index contributed by atoms with van der Waals surface area (Å²) < 4.78 is 0. The number of rotatable bonds is 8. The third-order valence-corrected chi connectivity index (χ3v) is 3.60. The maximum absolute atomic E-state index is 4.41. The normalized spacial score (nSPS) is 10.7. The Labute approximate surface area is 148 Å². The number of hydrogen-bond acceptors (Lipinski definition) is 5. The Morgan fingerprint density at radius 1 is 0.720 bits per heavy atom. The largest absolute Gasteiger partial charge is 0.384 e. The van der Waals surface area contributed by atoms with Crippen LogP contribution in [0.1, 0.15) is 17.1 Å². The van der Waals surface area contributed by atoms with Crippen LogP contribution < -0.4 is 5.32 Å². The minimum Gasteiger partial charge on any atom is -0.384 e. The first kappa shape index (κ1) is 16.6. The van der Waals surface area contributed by atoms with Gasteiger partial charge in [0.25, 0.3) is 0 Å². The summed E-state index contributed by atoms with van der Waals surface area (Å²) in [5.41, 5.74) is 3.05. The lowest BCUT2D eigenvalue weighted by molar-refractivity contribution is 0.351. The molecule has 0 bridgehead atoms.